The van der Waals surface area contributed by atoms with E-state index >= 15 is 0 Å². The van der Waals surface area contributed by atoms with Gasteiger partial charge in [0.25, 0.3) is 0 Å². The number of ether oxygens (including phenoxy) is 1. The number of carboxylic acids is 1. The standard InChI is InChI=1S/C18H22BrNO4/c19-14-3-1-2-13(10-14)18(6-7-18)17(23)20-11-15(16(21)22)12-4-8-24-9-5-12/h1-3,10,12,15H,4-9,11H2,(H,20,23)(H,21,22). The van der Waals surface area contributed by atoms with Gasteiger partial charge in [-0.05, 0) is 49.3 Å². The topological polar surface area (TPSA) is 75.6 Å². The second-order valence-electron chi connectivity index (χ2n) is 6.70. The summed E-state index contributed by atoms with van der Waals surface area (Å²) in [6, 6.07) is 7.79. The number of hydrogen-bond donors (Lipinski definition) is 2. The van der Waals surface area contributed by atoms with E-state index in [0.717, 1.165) is 35.7 Å². The van der Waals surface area contributed by atoms with Crippen molar-refractivity contribution in [1.29, 1.82) is 0 Å². The Morgan fingerprint density at radius 2 is 2.04 bits per heavy atom. The summed E-state index contributed by atoms with van der Waals surface area (Å²) in [7, 11) is 0. The average Bonchev–Trinajstić information content (AvgIpc) is 3.37. The van der Waals surface area contributed by atoms with E-state index < -0.39 is 17.3 Å². The van der Waals surface area contributed by atoms with Crippen molar-refractivity contribution in [3.05, 3.63) is 34.3 Å². The Labute approximate surface area is 149 Å². The highest BCUT2D eigenvalue weighted by atomic mass is 79.9. The molecule has 1 saturated heterocycles. The summed E-state index contributed by atoms with van der Waals surface area (Å²) in [6.45, 7) is 1.39. The molecule has 1 aromatic rings. The second-order valence-corrected chi connectivity index (χ2v) is 7.61. The summed E-state index contributed by atoms with van der Waals surface area (Å²) >= 11 is 3.44. The third-order valence-corrected chi connectivity index (χ3v) is 5.69. The van der Waals surface area contributed by atoms with E-state index in [1.165, 1.54) is 0 Å². The quantitative estimate of drug-likeness (QED) is 0.776. The van der Waals surface area contributed by atoms with Gasteiger partial charge >= 0.3 is 5.97 Å². The van der Waals surface area contributed by atoms with E-state index in [2.05, 4.69) is 21.2 Å². The molecule has 2 N–H and O–H groups in total. The summed E-state index contributed by atoms with van der Waals surface area (Å²) in [5, 5.41) is 12.4. The Hall–Kier alpha value is -1.40. The summed E-state index contributed by atoms with van der Waals surface area (Å²) < 4.78 is 6.25. The first-order valence-electron chi connectivity index (χ1n) is 8.38. The summed E-state index contributed by atoms with van der Waals surface area (Å²) in [6.07, 6.45) is 3.10. The molecule has 130 valence electrons. The molecule has 6 heteroatoms. The number of hydrogen-bond acceptors (Lipinski definition) is 3. The lowest BCUT2D eigenvalue weighted by Crippen LogP contribution is -2.42. The first-order chi connectivity index (χ1) is 11.5. The van der Waals surface area contributed by atoms with E-state index in [9.17, 15) is 14.7 Å². The summed E-state index contributed by atoms with van der Waals surface area (Å²) in [5.74, 6) is -1.37. The van der Waals surface area contributed by atoms with Crippen LogP contribution in [0.25, 0.3) is 0 Å². The van der Waals surface area contributed by atoms with Crippen LogP contribution in [-0.2, 0) is 19.7 Å². The van der Waals surface area contributed by atoms with Gasteiger partial charge in [0.15, 0.2) is 0 Å². The maximum Gasteiger partial charge on any atom is 0.308 e. The van der Waals surface area contributed by atoms with Crippen molar-refractivity contribution in [3.63, 3.8) is 0 Å². The van der Waals surface area contributed by atoms with Gasteiger partial charge in [-0.15, -0.1) is 0 Å². The molecular formula is C18H22BrNO4. The molecule has 0 bridgehead atoms. The number of halogens is 1. The second kappa shape index (κ2) is 7.23. The van der Waals surface area contributed by atoms with Crippen LogP contribution < -0.4 is 5.32 Å². The fraction of sp³-hybridized carbons (Fsp3) is 0.556. The van der Waals surface area contributed by atoms with Gasteiger partial charge in [-0.1, -0.05) is 28.1 Å². The molecule has 2 aliphatic rings. The van der Waals surface area contributed by atoms with Crippen LogP contribution in [0, 0.1) is 11.8 Å². The highest BCUT2D eigenvalue weighted by molar-refractivity contribution is 9.10. The van der Waals surface area contributed by atoms with Crippen molar-refractivity contribution in [1.82, 2.24) is 5.32 Å². The van der Waals surface area contributed by atoms with Crippen LogP contribution in [0.1, 0.15) is 31.2 Å². The first kappa shape index (κ1) is 17.4. The Balaban J connectivity index is 1.64. The van der Waals surface area contributed by atoms with Crippen molar-refractivity contribution in [2.45, 2.75) is 31.1 Å². The van der Waals surface area contributed by atoms with E-state index in [-0.39, 0.29) is 18.4 Å². The van der Waals surface area contributed by atoms with Gasteiger partial charge in [0.1, 0.15) is 0 Å². The summed E-state index contributed by atoms with van der Waals surface area (Å²) in [4.78, 5) is 24.3. The van der Waals surface area contributed by atoms with Gasteiger partial charge < -0.3 is 15.2 Å². The minimum absolute atomic E-state index is 0.0566. The Morgan fingerprint density at radius 3 is 2.62 bits per heavy atom. The number of carbonyl (C=O) groups excluding carboxylic acids is 1. The van der Waals surface area contributed by atoms with Crippen LogP contribution in [-0.4, -0.2) is 36.7 Å². The van der Waals surface area contributed by atoms with Crippen LogP contribution in [0.5, 0.6) is 0 Å². The molecule has 0 radical (unpaired) electrons. The predicted octanol–water partition coefficient (Wildman–Crippen LogP) is 2.72. The summed E-state index contributed by atoms with van der Waals surface area (Å²) in [5.41, 5.74) is 0.509. The van der Waals surface area contributed by atoms with Crippen molar-refractivity contribution < 1.29 is 19.4 Å². The number of amides is 1. The minimum Gasteiger partial charge on any atom is -0.481 e. The molecule has 24 heavy (non-hydrogen) atoms. The highest BCUT2D eigenvalue weighted by Crippen LogP contribution is 2.48. The van der Waals surface area contributed by atoms with Crippen LogP contribution in [0.2, 0.25) is 0 Å². The largest absolute Gasteiger partial charge is 0.481 e. The Bertz CT molecular complexity index is 623. The smallest absolute Gasteiger partial charge is 0.308 e. The molecule has 1 amide bonds. The third-order valence-electron chi connectivity index (χ3n) is 5.20. The number of rotatable bonds is 6. The van der Waals surface area contributed by atoms with Gasteiger partial charge in [0.2, 0.25) is 5.91 Å². The van der Waals surface area contributed by atoms with E-state index in [0.29, 0.717) is 13.2 Å². The van der Waals surface area contributed by atoms with Crippen LogP contribution in [0.15, 0.2) is 28.7 Å². The number of carbonyl (C=O) groups is 2. The molecule has 1 unspecified atom stereocenters. The lowest BCUT2D eigenvalue weighted by Gasteiger charge is -2.28. The Morgan fingerprint density at radius 1 is 1.33 bits per heavy atom. The van der Waals surface area contributed by atoms with Crippen LogP contribution >= 0.6 is 15.9 Å². The van der Waals surface area contributed by atoms with Gasteiger partial charge in [0, 0.05) is 24.2 Å². The zero-order valence-corrected chi connectivity index (χ0v) is 15.0. The van der Waals surface area contributed by atoms with Crippen LogP contribution in [0.3, 0.4) is 0 Å². The molecule has 1 aliphatic heterocycles. The predicted molar refractivity (Wildman–Crippen MR) is 92.7 cm³/mol. The normalized spacial score (nSPS) is 21.0. The monoisotopic (exact) mass is 395 g/mol. The SMILES string of the molecule is O=C(O)C(CNC(=O)C1(c2cccc(Br)c2)CC1)C1CCOCC1. The molecule has 2 fully saturated rings. The fourth-order valence-corrected chi connectivity index (χ4v) is 3.90. The molecule has 1 atom stereocenters. The first-order valence-corrected chi connectivity index (χ1v) is 9.17. The Kier molecular flexibility index (Phi) is 5.25. The number of aliphatic carboxylic acids is 1. The molecule has 1 aliphatic carbocycles. The van der Waals surface area contributed by atoms with Crippen molar-refractivity contribution in [3.8, 4) is 0 Å². The molecule has 5 nitrogen and oxygen atoms in total. The van der Waals surface area contributed by atoms with Crippen LogP contribution in [0.4, 0.5) is 0 Å². The van der Waals surface area contributed by atoms with E-state index in [1.54, 1.807) is 0 Å². The fourth-order valence-electron chi connectivity index (χ4n) is 3.50. The average molecular weight is 396 g/mol. The molecule has 1 heterocycles. The molecule has 1 saturated carbocycles. The maximum absolute atomic E-state index is 12.7. The number of nitrogens with one attached hydrogen (secondary N) is 1. The minimum atomic E-state index is -0.838. The number of carboxylic acid groups (broad SMARTS) is 1. The zero-order valence-electron chi connectivity index (χ0n) is 13.5. The lowest BCUT2D eigenvalue weighted by molar-refractivity contribution is -0.145. The zero-order chi connectivity index (χ0) is 17.2. The molecule has 3 rings (SSSR count). The highest BCUT2D eigenvalue weighted by Gasteiger charge is 2.51. The maximum atomic E-state index is 12.7. The van der Waals surface area contributed by atoms with Gasteiger partial charge in [0.05, 0.1) is 11.3 Å². The van der Waals surface area contributed by atoms with E-state index in [1.807, 2.05) is 24.3 Å². The van der Waals surface area contributed by atoms with Crippen molar-refractivity contribution in [2.24, 2.45) is 11.8 Å². The molecule has 0 spiro atoms. The van der Waals surface area contributed by atoms with Crippen molar-refractivity contribution in [2.75, 3.05) is 19.8 Å². The third kappa shape index (κ3) is 3.64. The van der Waals surface area contributed by atoms with E-state index in [4.69, 9.17) is 4.74 Å². The van der Waals surface area contributed by atoms with Gasteiger partial charge in [-0.2, -0.15) is 0 Å². The molecular weight excluding hydrogens is 374 g/mol. The molecule has 1 aromatic carbocycles. The number of benzene rings is 1. The molecule has 0 aromatic heterocycles. The van der Waals surface area contributed by atoms with Crippen molar-refractivity contribution >= 4 is 27.8 Å². The van der Waals surface area contributed by atoms with Gasteiger partial charge in [-0.3, -0.25) is 9.59 Å². The van der Waals surface area contributed by atoms with Gasteiger partial charge in [-0.25, -0.2) is 0 Å². The lowest BCUT2D eigenvalue weighted by atomic mass is 9.85.